The fraction of sp³-hybridized carbons (Fsp3) is 0.0750. The first-order valence-electron chi connectivity index (χ1n) is 14.8. The molecule has 6 aromatic carbocycles. The van der Waals surface area contributed by atoms with Gasteiger partial charge in [0.1, 0.15) is 5.58 Å². The Morgan fingerprint density at radius 3 is 1.86 bits per heavy atom. The third kappa shape index (κ3) is 3.33. The molecule has 1 aliphatic heterocycles. The van der Waals surface area contributed by atoms with Crippen molar-refractivity contribution in [2.45, 2.75) is 19.3 Å². The van der Waals surface area contributed by atoms with Crippen LogP contribution in [0.25, 0.3) is 54.9 Å². The maximum absolute atomic E-state index is 7.06. The van der Waals surface area contributed by atoms with Gasteiger partial charge >= 0.3 is 0 Å². The Morgan fingerprint density at radius 1 is 0.512 bits per heavy atom. The molecule has 0 fully saturated rings. The molecule has 1 aliphatic rings. The molecule has 0 spiro atoms. The fourth-order valence-corrected chi connectivity index (χ4v) is 7.20. The van der Waals surface area contributed by atoms with E-state index in [1.54, 1.807) is 0 Å². The molecule has 3 nitrogen and oxygen atoms in total. The standard InChI is InChI=1S/C40H28N2O/c1-40(2)30-17-7-10-20-33(30)42(34-21-11-8-18-31(34)40)35-22-12-16-26-27-23-24-29-36(39(27)43-38(26)35)28-15-6-9-19-32(28)41-37(29)25-13-4-3-5-14-25/h3-24H,1-2H3. The van der Waals surface area contributed by atoms with Gasteiger partial charge in [0.05, 0.1) is 28.3 Å². The van der Waals surface area contributed by atoms with Crippen molar-refractivity contribution in [3.8, 4) is 11.3 Å². The van der Waals surface area contributed by atoms with Gasteiger partial charge in [0.25, 0.3) is 0 Å². The highest BCUT2D eigenvalue weighted by atomic mass is 16.3. The van der Waals surface area contributed by atoms with Crippen LogP contribution in [-0.4, -0.2) is 4.98 Å². The Kier molecular flexibility index (Phi) is 4.95. The van der Waals surface area contributed by atoms with Crippen LogP contribution in [0.5, 0.6) is 0 Å². The first-order chi connectivity index (χ1) is 21.1. The van der Waals surface area contributed by atoms with E-state index in [1.165, 1.54) is 22.5 Å². The van der Waals surface area contributed by atoms with Gasteiger partial charge in [-0.1, -0.05) is 117 Å². The highest BCUT2D eigenvalue weighted by Crippen LogP contribution is 2.53. The number of benzene rings is 6. The van der Waals surface area contributed by atoms with E-state index < -0.39 is 0 Å². The lowest BCUT2D eigenvalue weighted by molar-refractivity contribution is 0.630. The van der Waals surface area contributed by atoms with E-state index in [-0.39, 0.29) is 5.41 Å². The summed E-state index contributed by atoms with van der Waals surface area (Å²) in [6.45, 7) is 4.64. The smallest absolute Gasteiger partial charge is 0.159 e. The zero-order valence-electron chi connectivity index (χ0n) is 24.0. The molecule has 0 saturated heterocycles. The molecule has 0 saturated carbocycles. The van der Waals surface area contributed by atoms with Gasteiger partial charge in [0.15, 0.2) is 5.58 Å². The summed E-state index contributed by atoms with van der Waals surface area (Å²) < 4.78 is 7.06. The average Bonchev–Trinajstić information content (AvgIpc) is 3.45. The number of nitrogens with zero attached hydrogens (tertiary/aromatic N) is 2. The number of aromatic nitrogens is 1. The molecule has 204 valence electrons. The average molecular weight is 553 g/mol. The highest BCUT2D eigenvalue weighted by molar-refractivity contribution is 6.25. The van der Waals surface area contributed by atoms with Gasteiger partial charge in [-0.2, -0.15) is 0 Å². The normalized spacial score (nSPS) is 14.0. The van der Waals surface area contributed by atoms with Gasteiger partial charge in [0.2, 0.25) is 0 Å². The van der Waals surface area contributed by atoms with Crippen LogP contribution in [0.4, 0.5) is 17.1 Å². The summed E-state index contributed by atoms with van der Waals surface area (Å²) in [5.74, 6) is 0. The molecule has 43 heavy (non-hydrogen) atoms. The van der Waals surface area contributed by atoms with Crippen molar-refractivity contribution in [3.05, 3.63) is 145 Å². The zero-order chi connectivity index (χ0) is 28.7. The first-order valence-corrected chi connectivity index (χ1v) is 14.8. The van der Waals surface area contributed by atoms with Gasteiger partial charge in [0, 0.05) is 37.9 Å². The number of para-hydroxylation sites is 4. The number of fused-ring (bicyclic) bond motifs is 9. The van der Waals surface area contributed by atoms with E-state index in [4.69, 9.17) is 9.40 Å². The molecular weight excluding hydrogens is 524 g/mol. The predicted molar refractivity (Wildman–Crippen MR) is 179 cm³/mol. The van der Waals surface area contributed by atoms with Crippen molar-refractivity contribution in [2.75, 3.05) is 4.90 Å². The van der Waals surface area contributed by atoms with Crippen molar-refractivity contribution in [3.63, 3.8) is 0 Å². The van der Waals surface area contributed by atoms with E-state index in [2.05, 4.69) is 146 Å². The molecule has 0 atom stereocenters. The highest BCUT2D eigenvalue weighted by Gasteiger charge is 2.37. The summed E-state index contributed by atoms with van der Waals surface area (Å²) in [6.07, 6.45) is 0. The van der Waals surface area contributed by atoms with Crippen LogP contribution >= 0.6 is 0 Å². The summed E-state index contributed by atoms with van der Waals surface area (Å²) in [5.41, 5.74) is 10.7. The Morgan fingerprint density at radius 2 is 1.09 bits per heavy atom. The molecule has 0 unspecified atom stereocenters. The number of rotatable bonds is 2. The van der Waals surface area contributed by atoms with E-state index in [0.717, 1.165) is 60.6 Å². The number of pyridine rings is 1. The summed E-state index contributed by atoms with van der Waals surface area (Å²) in [4.78, 5) is 7.53. The third-order valence-corrected chi connectivity index (χ3v) is 9.23. The molecule has 9 rings (SSSR count). The predicted octanol–water partition coefficient (Wildman–Crippen LogP) is 11.1. The number of furan rings is 1. The maximum Gasteiger partial charge on any atom is 0.159 e. The minimum Gasteiger partial charge on any atom is -0.453 e. The molecule has 0 aliphatic carbocycles. The van der Waals surface area contributed by atoms with E-state index in [9.17, 15) is 0 Å². The maximum atomic E-state index is 7.06. The first kappa shape index (κ1) is 24.2. The minimum atomic E-state index is -0.124. The summed E-state index contributed by atoms with van der Waals surface area (Å²) >= 11 is 0. The van der Waals surface area contributed by atoms with Crippen LogP contribution < -0.4 is 4.90 Å². The molecule has 2 aromatic heterocycles. The lowest BCUT2D eigenvalue weighted by Crippen LogP contribution is -2.30. The van der Waals surface area contributed by atoms with Crippen LogP contribution in [0.2, 0.25) is 0 Å². The lowest BCUT2D eigenvalue weighted by Gasteiger charge is -2.41. The van der Waals surface area contributed by atoms with E-state index in [0.29, 0.717) is 0 Å². The van der Waals surface area contributed by atoms with Crippen molar-refractivity contribution >= 4 is 60.7 Å². The topological polar surface area (TPSA) is 29.3 Å². The Labute approximate surface area is 249 Å². The summed E-state index contributed by atoms with van der Waals surface area (Å²) in [7, 11) is 0. The molecule has 3 heteroatoms. The van der Waals surface area contributed by atoms with Gasteiger partial charge < -0.3 is 9.32 Å². The molecule has 0 amide bonds. The molecule has 0 N–H and O–H groups in total. The van der Waals surface area contributed by atoms with Crippen molar-refractivity contribution in [2.24, 2.45) is 0 Å². The summed E-state index contributed by atoms with van der Waals surface area (Å²) in [6, 6.07) is 47.3. The second kappa shape index (κ2) is 8.80. The monoisotopic (exact) mass is 552 g/mol. The second-order valence-corrected chi connectivity index (χ2v) is 12.0. The Balaban J connectivity index is 1.39. The molecule has 0 bridgehead atoms. The Bertz CT molecular complexity index is 2330. The number of hydrogen-bond donors (Lipinski definition) is 0. The van der Waals surface area contributed by atoms with Crippen LogP contribution in [0.3, 0.4) is 0 Å². The molecular formula is C40H28N2O. The second-order valence-electron chi connectivity index (χ2n) is 12.0. The fourth-order valence-electron chi connectivity index (χ4n) is 7.20. The summed E-state index contributed by atoms with van der Waals surface area (Å²) in [5, 5.41) is 5.51. The molecule has 0 radical (unpaired) electrons. The minimum absolute atomic E-state index is 0.124. The molecule has 3 heterocycles. The molecule has 8 aromatic rings. The third-order valence-electron chi connectivity index (χ3n) is 9.23. The largest absolute Gasteiger partial charge is 0.453 e. The van der Waals surface area contributed by atoms with Crippen LogP contribution in [-0.2, 0) is 5.41 Å². The van der Waals surface area contributed by atoms with Gasteiger partial charge in [-0.15, -0.1) is 0 Å². The van der Waals surface area contributed by atoms with Crippen LogP contribution in [0.15, 0.2) is 138 Å². The SMILES string of the molecule is CC1(C)c2ccccc2N(c2cccc3c2oc2c3ccc3c(-c4ccccc4)nc4ccccc4c32)c2ccccc21. The van der Waals surface area contributed by atoms with Gasteiger partial charge in [-0.3, -0.25) is 0 Å². The van der Waals surface area contributed by atoms with E-state index in [1.807, 2.05) is 6.07 Å². The van der Waals surface area contributed by atoms with Gasteiger partial charge in [-0.25, -0.2) is 4.98 Å². The van der Waals surface area contributed by atoms with Crippen LogP contribution in [0, 0.1) is 0 Å². The zero-order valence-corrected chi connectivity index (χ0v) is 24.0. The lowest BCUT2D eigenvalue weighted by atomic mass is 9.73. The Hall–Kier alpha value is -5.41. The number of hydrogen-bond acceptors (Lipinski definition) is 3. The van der Waals surface area contributed by atoms with E-state index >= 15 is 0 Å². The number of anilines is 3. The van der Waals surface area contributed by atoms with Crippen molar-refractivity contribution in [1.29, 1.82) is 0 Å². The van der Waals surface area contributed by atoms with Crippen molar-refractivity contribution < 1.29 is 4.42 Å². The van der Waals surface area contributed by atoms with Crippen molar-refractivity contribution in [1.82, 2.24) is 4.98 Å². The quantitative estimate of drug-likeness (QED) is 0.200. The van der Waals surface area contributed by atoms with Gasteiger partial charge in [-0.05, 0) is 41.5 Å². The van der Waals surface area contributed by atoms with Crippen LogP contribution in [0.1, 0.15) is 25.0 Å².